The van der Waals surface area contributed by atoms with Crippen LogP contribution in [0.4, 0.5) is 0 Å². The number of nitrogens with zero attached hydrogens (tertiary/aromatic N) is 5. The Morgan fingerprint density at radius 3 is 2.64 bits per heavy atom. The molecule has 1 N–H and O–H groups in total. The summed E-state index contributed by atoms with van der Waals surface area (Å²) in [6.07, 6.45) is 1.57. The summed E-state index contributed by atoms with van der Waals surface area (Å²) in [5, 5.41) is 10.6. The topological polar surface area (TPSA) is 87.1 Å². The van der Waals surface area contributed by atoms with Gasteiger partial charge >= 0.3 is 0 Å². The molecule has 3 aromatic heterocycles. The lowest BCUT2D eigenvalue weighted by Crippen LogP contribution is -2.48. The molecule has 0 radical (unpaired) electrons. The molecule has 1 aliphatic heterocycles. The van der Waals surface area contributed by atoms with Crippen molar-refractivity contribution in [2.75, 3.05) is 26.2 Å². The number of thiophene rings is 1. The van der Waals surface area contributed by atoms with Crippen LogP contribution in [-0.2, 0) is 6.54 Å². The molecule has 1 saturated heterocycles. The summed E-state index contributed by atoms with van der Waals surface area (Å²) in [6, 6.07) is 7.16. The molecule has 0 saturated carbocycles. The molecule has 0 atom stereocenters. The van der Waals surface area contributed by atoms with Crippen LogP contribution in [0.2, 0.25) is 0 Å². The van der Waals surface area contributed by atoms with Crippen LogP contribution in [0.15, 0.2) is 39.0 Å². The standard InChI is InChI=1S/C18H19BrN6O2S/c1-12-14(10-20-25(12)16-4-5-17(26)22-21-16)18(27)24-8-6-23(7-9-24)11-13-2-3-15(19)28-13/h2-5,10H,6-9,11H2,1H3,(H,22,26). The van der Waals surface area contributed by atoms with Crippen LogP contribution in [0.3, 0.4) is 0 Å². The SMILES string of the molecule is Cc1c(C(=O)N2CCN(Cc3ccc(Br)s3)CC2)cnn1-c1ccc(=O)[nH]n1. The van der Waals surface area contributed by atoms with Crippen LogP contribution in [0, 0.1) is 6.92 Å². The fourth-order valence-corrected chi connectivity index (χ4v) is 4.77. The van der Waals surface area contributed by atoms with Gasteiger partial charge in [0.25, 0.3) is 11.5 Å². The molecular weight excluding hydrogens is 444 g/mol. The largest absolute Gasteiger partial charge is 0.336 e. The van der Waals surface area contributed by atoms with Crippen molar-refractivity contribution in [2.45, 2.75) is 13.5 Å². The van der Waals surface area contributed by atoms with Crippen LogP contribution in [0.25, 0.3) is 5.82 Å². The molecule has 146 valence electrons. The van der Waals surface area contributed by atoms with E-state index in [4.69, 9.17) is 0 Å². The fraction of sp³-hybridized carbons (Fsp3) is 0.333. The van der Waals surface area contributed by atoms with Crippen molar-refractivity contribution in [3.8, 4) is 5.82 Å². The number of aromatic amines is 1. The van der Waals surface area contributed by atoms with Gasteiger partial charge in [-0.05, 0) is 41.1 Å². The van der Waals surface area contributed by atoms with Gasteiger partial charge < -0.3 is 4.90 Å². The van der Waals surface area contributed by atoms with Crippen molar-refractivity contribution >= 4 is 33.2 Å². The Bertz CT molecular complexity index is 1030. The molecule has 1 amide bonds. The first-order chi connectivity index (χ1) is 13.5. The van der Waals surface area contributed by atoms with Gasteiger partial charge in [0, 0.05) is 43.7 Å². The molecule has 10 heteroatoms. The summed E-state index contributed by atoms with van der Waals surface area (Å²) in [4.78, 5) is 29.7. The number of amides is 1. The Labute approximate surface area is 173 Å². The number of hydrogen-bond donors (Lipinski definition) is 1. The van der Waals surface area contributed by atoms with E-state index in [0.29, 0.717) is 30.2 Å². The van der Waals surface area contributed by atoms with E-state index in [1.807, 2.05) is 11.8 Å². The first kappa shape index (κ1) is 19.0. The third kappa shape index (κ3) is 3.94. The zero-order valence-electron chi connectivity index (χ0n) is 15.3. The van der Waals surface area contributed by atoms with E-state index < -0.39 is 0 Å². The number of carbonyl (C=O) groups excluding carboxylic acids is 1. The summed E-state index contributed by atoms with van der Waals surface area (Å²) >= 11 is 5.24. The number of carbonyl (C=O) groups is 1. The summed E-state index contributed by atoms with van der Waals surface area (Å²) in [7, 11) is 0. The van der Waals surface area contributed by atoms with Gasteiger partial charge in [-0.15, -0.1) is 11.3 Å². The molecule has 0 bridgehead atoms. The van der Waals surface area contributed by atoms with Gasteiger partial charge in [0.2, 0.25) is 0 Å². The lowest BCUT2D eigenvalue weighted by molar-refractivity contribution is 0.0629. The summed E-state index contributed by atoms with van der Waals surface area (Å²) in [5.41, 5.74) is 0.983. The summed E-state index contributed by atoms with van der Waals surface area (Å²) in [5.74, 6) is 0.453. The normalized spacial score (nSPS) is 15.1. The van der Waals surface area contributed by atoms with E-state index in [9.17, 15) is 9.59 Å². The van der Waals surface area contributed by atoms with Gasteiger partial charge in [0.1, 0.15) is 0 Å². The highest BCUT2D eigenvalue weighted by atomic mass is 79.9. The second-order valence-electron chi connectivity index (χ2n) is 6.61. The van der Waals surface area contributed by atoms with Crippen molar-refractivity contribution in [3.63, 3.8) is 0 Å². The van der Waals surface area contributed by atoms with E-state index in [2.05, 4.69) is 48.3 Å². The Morgan fingerprint density at radius 2 is 2.00 bits per heavy atom. The molecule has 0 unspecified atom stereocenters. The molecule has 1 fully saturated rings. The smallest absolute Gasteiger partial charge is 0.264 e. The lowest BCUT2D eigenvalue weighted by Gasteiger charge is -2.34. The highest BCUT2D eigenvalue weighted by Crippen LogP contribution is 2.24. The molecule has 1 aliphatic rings. The predicted octanol–water partition coefficient (Wildman–Crippen LogP) is 2.05. The zero-order chi connectivity index (χ0) is 19.7. The summed E-state index contributed by atoms with van der Waals surface area (Å²) in [6.45, 7) is 5.80. The number of piperazine rings is 1. The molecule has 28 heavy (non-hydrogen) atoms. The van der Waals surface area contributed by atoms with Crippen molar-refractivity contribution in [3.05, 3.63) is 60.7 Å². The molecule has 0 spiro atoms. The van der Waals surface area contributed by atoms with Crippen LogP contribution in [-0.4, -0.2) is 61.9 Å². The number of hydrogen-bond acceptors (Lipinski definition) is 6. The average Bonchev–Trinajstić information content (AvgIpc) is 3.28. The van der Waals surface area contributed by atoms with E-state index >= 15 is 0 Å². The second kappa shape index (κ2) is 7.98. The first-order valence-electron chi connectivity index (χ1n) is 8.88. The Morgan fingerprint density at radius 1 is 1.21 bits per heavy atom. The Balaban J connectivity index is 1.41. The van der Waals surface area contributed by atoms with Crippen LogP contribution in [0.5, 0.6) is 0 Å². The van der Waals surface area contributed by atoms with Crippen molar-refractivity contribution in [2.24, 2.45) is 0 Å². The Kier molecular flexibility index (Phi) is 5.42. The highest BCUT2D eigenvalue weighted by Gasteiger charge is 2.25. The number of nitrogens with one attached hydrogen (secondary N) is 1. The minimum atomic E-state index is -0.280. The minimum Gasteiger partial charge on any atom is -0.336 e. The van der Waals surface area contributed by atoms with Gasteiger partial charge in [0.15, 0.2) is 5.82 Å². The summed E-state index contributed by atoms with van der Waals surface area (Å²) < 4.78 is 2.70. The van der Waals surface area contributed by atoms with Gasteiger partial charge in [-0.25, -0.2) is 9.78 Å². The maximum Gasteiger partial charge on any atom is 0.264 e. The average molecular weight is 463 g/mol. The lowest BCUT2D eigenvalue weighted by atomic mass is 10.2. The molecule has 0 aliphatic carbocycles. The molecule has 0 aromatic carbocycles. The van der Waals surface area contributed by atoms with Crippen molar-refractivity contribution < 1.29 is 4.79 Å². The molecule has 3 aromatic rings. The number of aromatic nitrogens is 4. The minimum absolute atomic E-state index is 0.0216. The van der Waals surface area contributed by atoms with Gasteiger partial charge in [-0.2, -0.15) is 10.2 Å². The number of H-pyrrole nitrogens is 1. The predicted molar refractivity (Wildman–Crippen MR) is 110 cm³/mol. The van der Waals surface area contributed by atoms with Gasteiger partial charge in [-0.1, -0.05) is 0 Å². The van der Waals surface area contributed by atoms with Crippen molar-refractivity contribution in [1.29, 1.82) is 0 Å². The monoisotopic (exact) mass is 462 g/mol. The van der Waals surface area contributed by atoms with Crippen LogP contribution >= 0.6 is 27.3 Å². The van der Waals surface area contributed by atoms with Gasteiger partial charge in [-0.3, -0.25) is 14.5 Å². The van der Waals surface area contributed by atoms with E-state index in [-0.39, 0.29) is 11.5 Å². The molecule has 4 rings (SSSR count). The second-order valence-corrected chi connectivity index (χ2v) is 9.16. The van der Waals surface area contributed by atoms with Crippen LogP contribution < -0.4 is 5.56 Å². The number of halogens is 1. The van der Waals surface area contributed by atoms with E-state index in [1.54, 1.807) is 28.3 Å². The Hall–Kier alpha value is -2.30. The highest BCUT2D eigenvalue weighted by molar-refractivity contribution is 9.11. The molecule has 4 heterocycles. The maximum absolute atomic E-state index is 13.0. The molecular formula is C18H19BrN6O2S. The maximum atomic E-state index is 13.0. The fourth-order valence-electron chi connectivity index (χ4n) is 3.24. The van der Waals surface area contributed by atoms with Crippen molar-refractivity contribution in [1.82, 2.24) is 29.8 Å². The van der Waals surface area contributed by atoms with E-state index in [0.717, 1.165) is 23.4 Å². The van der Waals surface area contributed by atoms with Crippen LogP contribution in [0.1, 0.15) is 20.9 Å². The third-order valence-electron chi connectivity index (χ3n) is 4.79. The zero-order valence-corrected chi connectivity index (χ0v) is 17.7. The van der Waals surface area contributed by atoms with E-state index in [1.165, 1.54) is 10.9 Å². The quantitative estimate of drug-likeness (QED) is 0.640. The third-order valence-corrected chi connectivity index (χ3v) is 6.40. The number of rotatable bonds is 4. The van der Waals surface area contributed by atoms with Gasteiger partial charge in [0.05, 0.1) is 21.2 Å². The molecule has 8 nitrogen and oxygen atoms in total. The first-order valence-corrected chi connectivity index (χ1v) is 10.5.